The van der Waals surface area contributed by atoms with Crippen molar-refractivity contribution >= 4 is 106 Å². The number of Topliss-reactive ketones (excluding diaryl/α,β-unsaturated/α-hetero) is 2. The zero-order chi connectivity index (χ0) is 26.2. The second-order valence-electron chi connectivity index (χ2n) is 4.77. The second kappa shape index (κ2) is 27.6. The fourth-order valence-corrected chi connectivity index (χ4v) is 1.62. The van der Waals surface area contributed by atoms with Gasteiger partial charge in [-0.1, -0.05) is 37.4 Å². The Balaban J connectivity index is -0.0000000871. The molecule has 0 aromatic heterocycles. The third kappa shape index (κ3) is 18.4. The molecule has 0 aromatic carbocycles. The Bertz CT molecular complexity index is 652. The fraction of sp³-hybridized carbons (Fsp3) is 0.600. The van der Waals surface area contributed by atoms with E-state index in [-0.39, 0.29) is 25.3 Å². The van der Waals surface area contributed by atoms with E-state index in [4.69, 9.17) is 40.6 Å². The molecule has 1 fully saturated rings. The van der Waals surface area contributed by atoms with E-state index >= 15 is 0 Å². The number of carbonyl (C=O) groups excluding carboxylic acids is 4. The van der Waals surface area contributed by atoms with Crippen LogP contribution in [0.3, 0.4) is 0 Å². The summed E-state index contributed by atoms with van der Waals surface area (Å²) in [5.41, 5.74) is 0. The summed E-state index contributed by atoms with van der Waals surface area (Å²) < 4.78 is 8.51. The molecule has 0 saturated carbocycles. The number of cyclic esters (lactones) is 2. The summed E-state index contributed by atoms with van der Waals surface area (Å²) in [4.78, 5) is 57.9. The van der Waals surface area contributed by atoms with E-state index in [1.807, 2.05) is 4.93 Å². The Kier molecular flexibility index (Phi) is 38.2. The predicted molar refractivity (Wildman–Crippen MR) is 154 cm³/mol. The van der Waals surface area contributed by atoms with E-state index < -0.39 is 72.7 Å². The Morgan fingerprint density at radius 1 is 0.829 bits per heavy atom. The first-order chi connectivity index (χ1) is 14.9. The predicted octanol–water partition coefficient (Wildman–Crippen LogP) is 0.216. The molecule has 0 bridgehead atoms. The van der Waals surface area contributed by atoms with Gasteiger partial charge in [-0.2, -0.15) is 0 Å². The van der Waals surface area contributed by atoms with Gasteiger partial charge in [0.2, 0.25) is 5.76 Å². The van der Waals surface area contributed by atoms with Crippen molar-refractivity contribution in [2.24, 2.45) is 0 Å². The van der Waals surface area contributed by atoms with Gasteiger partial charge in [0.25, 0.3) is 5.78 Å². The number of ketones is 2. The zero-order valence-corrected chi connectivity index (χ0v) is 26.2. The number of alkyl halides is 1. The van der Waals surface area contributed by atoms with E-state index in [1.54, 1.807) is 0 Å². The molecule has 35 heavy (non-hydrogen) atoms. The molecule has 0 aliphatic carbocycles. The summed E-state index contributed by atoms with van der Waals surface area (Å²) in [5.74, 6) is -6.45. The van der Waals surface area contributed by atoms with Crippen LogP contribution in [0.2, 0.25) is 0 Å². The van der Waals surface area contributed by atoms with Gasteiger partial charge < -0.3 is 45.6 Å². The van der Waals surface area contributed by atoms with Crippen LogP contribution in [0.15, 0.2) is 11.5 Å². The van der Waals surface area contributed by atoms with Crippen LogP contribution in [-0.4, -0.2) is 102 Å². The van der Waals surface area contributed by atoms with Crippen LogP contribution in [0.25, 0.3) is 0 Å². The average molecular weight is 1010 g/mol. The van der Waals surface area contributed by atoms with Gasteiger partial charge >= 0.3 is 82.6 Å². The number of ether oxygens (including phenoxy) is 2. The van der Waals surface area contributed by atoms with E-state index in [1.165, 1.54) is 0 Å². The first-order valence-electron chi connectivity index (χ1n) is 7.40. The molecule has 2 rings (SSSR count). The quantitative estimate of drug-likeness (QED) is 0.0953. The van der Waals surface area contributed by atoms with Gasteiger partial charge in [-0.05, 0) is 4.93 Å². The van der Waals surface area contributed by atoms with Gasteiger partial charge in [-0.3, -0.25) is 9.59 Å². The molecule has 1 saturated heterocycles. The van der Waals surface area contributed by atoms with Gasteiger partial charge in [0.1, 0.15) is 12.2 Å². The molecule has 8 N–H and O–H groups in total. The van der Waals surface area contributed by atoms with Crippen LogP contribution in [0.4, 0.5) is 0 Å². The molecule has 20 heteroatoms. The van der Waals surface area contributed by atoms with Crippen LogP contribution >= 0.6 is 82.5 Å². The molecule has 2 aliphatic rings. The van der Waals surface area contributed by atoms with Crippen molar-refractivity contribution in [3.63, 3.8) is 0 Å². The Hall–Kier alpha value is 0.524. The van der Waals surface area contributed by atoms with E-state index in [2.05, 4.69) is 92.0 Å². The van der Waals surface area contributed by atoms with Crippen LogP contribution < -0.4 is 0 Å². The number of hydrogen-bond donors (Lipinski definition) is 6. The number of halogens is 4. The molecular weight excluding hydrogens is 979 g/mol. The van der Waals surface area contributed by atoms with Crippen molar-refractivity contribution in [3.8, 4) is 0 Å². The SMILES string of the molecule is C.C.CI.O.O=C1OC(C(O)CO)C(=O)C1=O.O=C1OC(C(O)CO)C(O)=C1O.O=O.[I][V]([I])[I]. The summed E-state index contributed by atoms with van der Waals surface area (Å²) >= 11 is 9.54. The monoisotopic (exact) mass is 1010 g/mol. The summed E-state index contributed by atoms with van der Waals surface area (Å²) in [5, 5.41) is 52.3. The van der Waals surface area contributed by atoms with Gasteiger partial charge in [-0.25, -0.2) is 9.59 Å². The van der Waals surface area contributed by atoms with Crippen molar-refractivity contribution in [1.82, 2.24) is 0 Å². The first-order valence-corrected chi connectivity index (χ1v) is 23.1. The first kappa shape index (κ1) is 48.6. The molecule has 4 atom stereocenters. The number of hydrogen-bond acceptors (Lipinski definition) is 14. The maximum absolute atomic E-state index is 10.7. The van der Waals surface area contributed by atoms with E-state index in [0.717, 1.165) is 0 Å². The minimum atomic E-state index is -1.53. The third-order valence-corrected chi connectivity index (χ3v) is 2.91. The number of aliphatic hydroxyl groups excluding tert-OH is 6. The van der Waals surface area contributed by atoms with E-state index in [9.17, 15) is 19.2 Å². The average Bonchev–Trinajstić information content (AvgIpc) is 3.19. The van der Waals surface area contributed by atoms with Gasteiger partial charge in [0.05, 0.1) is 13.2 Å². The molecule has 0 amide bonds. The Labute approximate surface area is 251 Å². The normalized spacial score (nSPS) is 19.0. The molecule has 15 nitrogen and oxygen atoms in total. The van der Waals surface area contributed by atoms with Crippen LogP contribution in [0.5, 0.6) is 0 Å². The summed E-state index contributed by atoms with van der Waals surface area (Å²) in [6.45, 7) is -1.41. The fourth-order valence-electron chi connectivity index (χ4n) is 1.62. The standard InChI is InChI=1S/C6H8O6.C6H6O6.CH3I.2CH4.3HI.O2.H2O.V/c2*7-1-2(8)5-3(9)4(10)6(11)12-5;1-2;;;;;;1-2;;/h2,5,7-10H,1H2;2,5,7-8H,1H2;1H3;2*1H4;3*1H;;1H2;/q;;;;;;;;;;+3/p-3. The Morgan fingerprint density at radius 2 is 1.14 bits per heavy atom. The summed E-state index contributed by atoms with van der Waals surface area (Å²) in [6, 6.07) is 0. The summed E-state index contributed by atoms with van der Waals surface area (Å²) in [7, 11) is 0. The number of carbonyl (C=O) groups is 4. The van der Waals surface area contributed by atoms with Gasteiger partial charge in [0.15, 0.2) is 18.0 Å². The molecule has 0 spiro atoms. The molecule has 4 unspecified atom stereocenters. The van der Waals surface area contributed by atoms with Crippen LogP contribution in [0.1, 0.15) is 14.9 Å². The van der Waals surface area contributed by atoms with Crippen molar-refractivity contribution in [1.29, 1.82) is 0 Å². The van der Waals surface area contributed by atoms with Crippen molar-refractivity contribution in [2.45, 2.75) is 39.3 Å². The molecule has 2 heterocycles. The molecular formula is C15H27I4O15V. The van der Waals surface area contributed by atoms with E-state index in [0.29, 0.717) is 0 Å². The number of rotatable bonds is 4. The van der Waals surface area contributed by atoms with Crippen molar-refractivity contribution in [2.75, 3.05) is 18.1 Å². The van der Waals surface area contributed by atoms with Crippen molar-refractivity contribution < 1.29 is 69.7 Å². The molecule has 0 radical (unpaired) electrons. The van der Waals surface area contributed by atoms with Crippen LogP contribution in [-0.2, 0) is 33.6 Å². The molecule has 0 aromatic rings. The maximum atomic E-state index is 10.7. The Morgan fingerprint density at radius 3 is 1.37 bits per heavy atom. The van der Waals surface area contributed by atoms with Gasteiger partial charge in [0, 0.05) is 9.93 Å². The third-order valence-electron chi connectivity index (χ3n) is 2.91. The second-order valence-corrected chi connectivity index (χ2v) is 40.1. The summed E-state index contributed by atoms with van der Waals surface area (Å²) in [6.07, 6.45) is -5.83. The molecule has 210 valence electrons. The molecule has 2 aliphatic heterocycles. The van der Waals surface area contributed by atoms with Gasteiger partial charge in [-0.15, -0.1) is 0 Å². The zero-order valence-electron chi connectivity index (χ0n) is 16.1. The van der Waals surface area contributed by atoms with Crippen LogP contribution in [0, 0.1) is 9.93 Å². The number of aliphatic hydroxyl groups is 6. The van der Waals surface area contributed by atoms with Crippen molar-refractivity contribution in [3.05, 3.63) is 21.4 Å². The minimum absolute atomic E-state index is 0. The number of esters is 2. The topological polar surface area (TPSA) is 274 Å².